The Balaban J connectivity index is 1.89. The number of hydrogen-bond donors (Lipinski definition) is 0. The van der Waals surface area contributed by atoms with E-state index in [0.29, 0.717) is 0 Å². The third-order valence-corrected chi connectivity index (χ3v) is 10.3. The second-order valence-electron chi connectivity index (χ2n) is 11.2. The summed E-state index contributed by atoms with van der Waals surface area (Å²) in [5, 5.41) is 0. The normalized spacial score (nSPS) is 32.3. The molecule has 0 aliphatic heterocycles. The van der Waals surface area contributed by atoms with Gasteiger partial charge in [-0.1, -0.05) is 124 Å². The molecule has 4 atom stereocenters. The Labute approximate surface area is 197 Å². The van der Waals surface area contributed by atoms with Gasteiger partial charge in [-0.2, -0.15) is 0 Å². The summed E-state index contributed by atoms with van der Waals surface area (Å²) in [6.07, 6.45) is 0. The third kappa shape index (κ3) is 1.76. The molecule has 0 radical (unpaired) electrons. The lowest BCUT2D eigenvalue weighted by Gasteiger charge is -2.48. The van der Waals surface area contributed by atoms with Gasteiger partial charge in [-0.25, -0.2) is 0 Å². The SMILES string of the molecule is Cc1ccc2c(c1)C1(C)c3ccccc3C3(C)c4ccccc4C1(C)c1ccccc1C23C. The van der Waals surface area contributed by atoms with Crippen LogP contribution in [-0.2, 0) is 21.7 Å². The zero-order valence-corrected chi connectivity index (χ0v) is 20.2. The van der Waals surface area contributed by atoms with E-state index >= 15 is 0 Å². The van der Waals surface area contributed by atoms with Gasteiger partial charge in [0.05, 0.1) is 0 Å². The first-order chi connectivity index (χ1) is 15.8. The maximum Gasteiger partial charge on any atom is 0.0315 e. The lowest BCUT2D eigenvalue weighted by atomic mass is 9.53. The fraction of sp³-hybridized carbons (Fsp3) is 0.273. The minimum atomic E-state index is -0.205. The van der Waals surface area contributed by atoms with E-state index < -0.39 is 0 Å². The monoisotopic (exact) mass is 426 g/mol. The summed E-state index contributed by atoms with van der Waals surface area (Å²) in [4.78, 5) is 0. The fourth-order valence-corrected chi connectivity index (χ4v) is 8.31. The summed E-state index contributed by atoms with van der Waals surface area (Å²) in [6.45, 7) is 12.3. The molecule has 0 amide bonds. The highest BCUT2D eigenvalue weighted by atomic mass is 14.7. The van der Waals surface area contributed by atoms with Gasteiger partial charge in [0.25, 0.3) is 0 Å². The van der Waals surface area contributed by atoms with Crippen molar-refractivity contribution in [2.45, 2.75) is 56.3 Å². The quantitative estimate of drug-likeness (QED) is 0.272. The zero-order valence-electron chi connectivity index (χ0n) is 20.2. The van der Waals surface area contributed by atoms with E-state index in [1.807, 2.05) is 0 Å². The molecule has 4 aliphatic carbocycles. The Morgan fingerprint density at radius 1 is 0.364 bits per heavy atom. The topological polar surface area (TPSA) is 0 Å². The van der Waals surface area contributed by atoms with Crippen molar-refractivity contribution in [2.24, 2.45) is 0 Å². The first-order valence-corrected chi connectivity index (χ1v) is 12.2. The molecule has 4 unspecified atom stereocenters. The van der Waals surface area contributed by atoms with Gasteiger partial charge in [-0.3, -0.25) is 0 Å². The average Bonchev–Trinajstić information content (AvgIpc) is 3.01. The van der Waals surface area contributed by atoms with Gasteiger partial charge in [0.15, 0.2) is 0 Å². The molecule has 0 aromatic heterocycles. The molecule has 0 nitrogen and oxygen atoms in total. The Morgan fingerprint density at radius 2 is 0.636 bits per heavy atom. The highest BCUT2D eigenvalue weighted by molar-refractivity contribution is 5.76. The molecule has 162 valence electrons. The Hall–Kier alpha value is -3.12. The highest BCUT2D eigenvalue weighted by Crippen LogP contribution is 2.71. The van der Waals surface area contributed by atoms with Crippen LogP contribution < -0.4 is 0 Å². The first-order valence-electron chi connectivity index (χ1n) is 12.2. The van der Waals surface area contributed by atoms with E-state index in [2.05, 4.69) is 126 Å². The van der Waals surface area contributed by atoms with Gasteiger partial charge in [0, 0.05) is 21.7 Å². The molecular weight excluding hydrogens is 396 g/mol. The standard InChI is InChI=1S/C33H30/c1-21-18-19-28-29(20-21)33(5)27-17-11-10-16-26(27)30(2)22-12-6-7-13-23(22)31(33,3)24-14-8-9-15-25(24)32(28,30)4/h6-20H,1-5H3. The van der Waals surface area contributed by atoms with Crippen molar-refractivity contribution < 1.29 is 0 Å². The number of aryl methyl sites for hydroxylation is 1. The smallest absolute Gasteiger partial charge is 0.0315 e. The third-order valence-electron chi connectivity index (χ3n) is 10.3. The van der Waals surface area contributed by atoms with Crippen LogP contribution in [0.4, 0.5) is 0 Å². The molecule has 4 bridgehead atoms. The lowest BCUT2D eigenvalue weighted by Crippen LogP contribution is -2.47. The predicted octanol–water partition coefficient (Wildman–Crippen LogP) is 7.56. The van der Waals surface area contributed by atoms with E-state index in [1.165, 1.54) is 50.1 Å². The summed E-state index contributed by atoms with van der Waals surface area (Å²) in [5.41, 5.74) is 12.4. The number of hydrogen-bond acceptors (Lipinski definition) is 0. The first kappa shape index (κ1) is 19.4. The van der Waals surface area contributed by atoms with Crippen molar-refractivity contribution in [1.82, 2.24) is 0 Å². The van der Waals surface area contributed by atoms with Crippen LogP contribution >= 0.6 is 0 Å². The van der Waals surface area contributed by atoms with Gasteiger partial charge < -0.3 is 0 Å². The maximum atomic E-state index is 2.53. The van der Waals surface area contributed by atoms with Gasteiger partial charge in [0.2, 0.25) is 0 Å². The van der Waals surface area contributed by atoms with E-state index in [9.17, 15) is 0 Å². The van der Waals surface area contributed by atoms with Crippen molar-refractivity contribution in [3.05, 3.63) is 141 Å². The Kier molecular flexibility index (Phi) is 3.33. The van der Waals surface area contributed by atoms with Crippen LogP contribution in [0.15, 0.2) is 91.0 Å². The molecule has 0 heterocycles. The van der Waals surface area contributed by atoms with E-state index in [4.69, 9.17) is 0 Å². The van der Waals surface area contributed by atoms with Crippen molar-refractivity contribution in [3.8, 4) is 0 Å². The lowest BCUT2D eigenvalue weighted by molar-refractivity contribution is 0.362. The fourth-order valence-electron chi connectivity index (χ4n) is 8.31. The predicted molar refractivity (Wildman–Crippen MR) is 136 cm³/mol. The molecule has 4 aromatic carbocycles. The van der Waals surface area contributed by atoms with Crippen LogP contribution in [0.3, 0.4) is 0 Å². The van der Waals surface area contributed by atoms with Crippen LogP contribution in [0.2, 0.25) is 0 Å². The molecule has 0 saturated carbocycles. The van der Waals surface area contributed by atoms with Crippen LogP contribution in [0.5, 0.6) is 0 Å². The number of rotatable bonds is 0. The van der Waals surface area contributed by atoms with Crippen molar-refractivity contribution >= 4 is 0 Å². The van der Waals surface area contributed by atoms with Gasteiger partial charge >= 0.3 is 0 Å². The van der Waals surface area contributed by atoms with E-state index in [0.717, 1.165) is 0 Å². The van der Waals surface area contributed by atoms with Crippen LogP contribution in [-0.4, -0.2) is 0 Å². The Morgan fingerprint density at radius 3 is 0.970 bits per heavy atom. The Bertz CT molecular complexity index is 1470. The summed E-state index contributed by atoms with van der Waals surface area (Å²) < 4.78 is 0. The molecule has 0 saturated heterocycles. The largest absolute Gasteiger partial charge is 0.0619 e. The van der Waals surface area contributed by atoms with Gasteiger partial charge in [-0.15, -0.1) is 0 Å². The zero-order chi connectivity index (χ0) is 22.8. The maximum absolute atomic E-state index is 2.53. The average molecular weight is 427 g/mol. The van der Waals surface area contributed by atoms with Gasteiger partial charge in [0.1, 0.15) is 0 Å². The highest BCUT2D eigenvalue weighted by Gasteiger charge is 2.68. The second kappa shape index (κ2) is 5.68. The summed E-state index contributed by atoms with van der Waals surface area (Å²) in [7, 11) is 0. The molecule has 33 heavy (non-hydrogen) atoms. The van der Waals surface area contributed by atoms with Crippen LogP contribution in [0, 0.1) is 6.92 Å². The van der Waals surface area contributed by atoms with Crippen molar-refractivity contribution in [2.75, 3.05) is 0 Å². The molecule has 0 spiro atoms. The molecule has 4 aliphatic rings. The van der Waals surface area contributed by atoms with Crippen LogP contribution in [0.25, 0.3) is 0 Å². The molecule has 0 fully saturated rings. The second-order valence-corrected chi connectivity index (χ2v) is 11.2. The summed E-state index contributed by atoms with van der Waals surface area (Å²) in [6, 6.07) is 35.3. The molecule has 4 aromatic rings. The minimum absolute atomic E-state index is 0.202. The summed E-state index contributed by atoms with van der Waals surface area (Å²) >= 11 is 0. The summed E-state index contributed by atoms with van der Waals surface area (Å²) in [5.74, 6) is 0. The molecular formula is C33H30. The van der Waals surface area contributed by atoms with E-state index in [-0.39, 0.29) is 21.7 Å². The van der Waals surface area contributed by atoms with E-state index in [1.54, 1.807) is 0 Å². The minimum Gasteiger partial charge on any atom is -0.0619 e. The molecule has 0 N–H and O–H groups in total. The molecule has 8 rings (SSSR count). The van der Waals surface area contributed by atoms with Crippen LogP contribution in [0.1, 0.15) is 77.8 Å². The number of benzene rings is 4. The van der Waals surface area contributed by atoms with Crippen molar-refractivity contribution in [1.29, 1.82) is 0 Å². The van der Waals surface area contributed by atoms with Gasteiger partial charge in [-0.05, 0) is 51.4 Å². The van der Waals surface area contributed by atoms with Crippen molar-refractivity contribution in [3.63, 3.8) is 0 Å². The molecule has 0 heteroatoms.